The van der Waals surface area contributed by atoms with Crippen molar-refractivity contribution in [2.45, 2.75) is 13.3 Å². The van der Waals surface area contributed by atoms with Crippen LogP contribution in [0.25, 0.3) is 16.9 Å². The number of carbonyl (C=O) groups excluding carboxylic acids is 1. The minimum Gasteiger partial charge on any atom is -0.369 e. The number of carbonyl (C=O) groups is 1. The number of hydrogen-bond donors (Lipinski definition) is 1. The van der Waals surface area contributed by atoms with E-state index in [4.69, 9.17) is 5.10 Å². The fourth-order valence-electron chi connectivity index (χ4n) is 4.53. The van der Waals surface area contributed by atoms with Crippen LogP contribution in [-0.4, -0.2) is 46.9 Å². The predicted octanol–water partition coefficient (Wildman–Crippen LogP) is 4.57. The standard InChI is InChI=1S/C28H29N5O/c1-2-25-26(28(34)30-32-20-18-31(19-21-32)23-14-8-4-9-15-23)29-33(24-16-10-5-11-17-24)27(25)22-12-6-3-7-13-22/h3-17H,2,18-21H2,1H3,(H,30,34). The summed E-state index contributed by atoms with van der Waals surface area (Å²) in [6, 6.07) is 30.6. The number of nitrogens with one attached hydrogen (secondary N) is 1. The first kappa shape index (κ1) is 21.9. The molecule has 1 saturated heterocycles. The lowest BCUT2D eigenvalue weighted by molar-refractivity contribution is 0.0770. The minimum absolute atomic E-state index is 0.156. The molecule has 1 amide bonds. The zero-order valence-electron chi connectivity index (χ0n) is 19.4. The first-order chi connectivity index (χ1) is 16.7. The van der Waals surface area contributed by atoms with Crippen LogP contribution in [0.3, 0.4) is 0 Å². The van der Waals surface area contributed by atoms with Gasteiger partial charge in [0.2, 0.25) is 0 Å². The monoisotopic (exact) mass is 451 g/mol. The minimum atomic E-state index is -0.156. The van der Waals surface area contributed by atoms with Gasteiger partial charge in [0.15, 0.2) is 5.69 Å². The summed E-state index contributed by atoms with van der Waals surface area (Å²) in [7, 11) is 0. The fourth-order valence-corrected chi connectivity index (χ4v) is 4.53. The van der Waals surface area contributed by atoms with E-state index in [1.807, 2.05) is 64.3 Å². The fraction of sp³-hybridized carbons (Fsp3) is 0.214. The number of hydrazine groups is 1. The molecular formula is C28H29N5O. The average molecular weight is 452 g/mol. The third kappa shape index (κ3) is 4.45. The molecule has 172 valence electrons. The van der Waals surface area contributed by atoms with Crippen LogP contribution < -0.4 is 10.3 Å². The zero-order valence-corrected chi connectivity index (χ0v) is 19.4. The van der Waals surface area contributed by atoms with Crippen LogP contribution in [0, 0.1) is 0 Å². The molecule has 5 rings (SSSR count). The SMILES string of the molecule is CCc1c(C(=O)NN2CCN(c3ccccc3)CC2)nn(-c2ccccc2)c1-c1ccccc1. The Bertz CT molecular complexity index is 1230. The molecule has 1 aromatic heterocycles. The van der Waals surface area contributed by atoms with E-state index in [9.17, 15) is 4.79 Å². The van der Waals surface area contributed by atoms with E-state index in [2.05, 4.69) is 53.6 Å². The number of amides is 1. The third-order valence-corrected chi connectivity index (χ3v) is 6.26. The molecule has 0 bridgehead atoms. The molecule has 34 heavy (non-hydrogen) atoms. The summed E-state index contributed by atoms with van der Waals surface area (Å²) in [4.78, 5) is 15.8. The number of benzene rings is 3. The van der Waals surface area contributed by atoms with Crippen molar-refractivity contribution in [1.82, 2.24) is 20.2 Å². The van der Waals surface area contributed by atoms with Gasteiger partial charge in [-0.15, -0.1) is 0 Å². The highest BCUT2D eigenvalue weighted by Crippen LogP contribution is 2.30. The van der Waals surface area contributed by atoms with E-state index in [1.165, 1.54) is 5.69 Å². The largest absolute Gasteiger partial charge is 0.369 e. The Balaban J connectivity index is 1.40. The van der Waals surface area contributed by atoms with E-state index in [0.717, 1.165) is 48.7 Å². The molecule has 4 aromatic rings. The van der Waals surface area contributed by atoms with Gasteiger partial charge in [0.1, 0.15) is 0 Å². The third-order valence-electron chi connectivity index (χ3n) is 6.26. The van der Waals surface area contributed by atoms with Crippen molar-refractivity contribution in [3.05, 3.63) is 102 Å². The number of piperazine rings is 1. The van der Waals surface area contributed by atoms with Crippen molar-refractivity contribution < 1.29 is 4.79 Å². The van der Waals surface area contributed by atoms with E-state index in [0.29, 0.717) is 12.1 Å². The highest BCUT2D eigenvalue weighted by atomic mass is 16.2. The number of nitrogens with zero attached hydrogens (tertiary/aromatic N) is 4. The molecule has 3 aromatic carbocycles. The van der Waals surface area contributed by atoms with Crippen molar-refractivity contribution in [3.63, 3.8) is 0 Å². The molecule has 1 fully saturated rings. The molecule has 1 aliphatic heterocycles. The van der Waals surface area contributed by atoms with Crippen LogP contribution in [0.5, 0.6) is 0 Å². The summed E-state index contributed by atoms with van der Waals surface area (Å²) in [5, 5.41) is 6.83. The van der Waals surface area contributed by atoms with E-state index in [-0.39, 0.29) is 5.91 Å². The lowest BCUT2D eigenvalue weighted by Crippen LogP contribution is -2.53. The molecule has 6 heteroatoms. The van der Waals surface area contributed by atoms with Crippen molar-refractivity contribution >= 4 is 11.6 Å². The highest BCUT2D eigenvalue weighted by Gasteiger charge is 2.26. The van der Waals surface area contributed by atoms with E-state index >= 15 is 0 Å². The Hall–Kier alpha value is -3.90. The summed E-state index contributed by atoms with van der Waals surface area (Å²) >= 11 is 0. The number of aromatic nitrogens is 2. The van der Waals surface area contributed by atoms with Crippen LogP contribution in [-0.2, 0) is 6.42 Å². The van der Waals surface area contributed by atoms with E-state index in [1.54, 1.807) is 0 Å². The summed E-state index contributed by atoms with van der Waals surface area (Å²) in [5.74, 6) is -0.156. The van der Waals surface area contributed by atoms with Gasteiger partial charge in [0.05, 0.1) is 11.4 Å². The zero-order chi connectivity index (χ0) is 23.3. The Labute approximate surface area is 200 Å². The molecule has 0 radical (unpaired) electrons. The molecule has 2 heterocycles. The summed E-state index contributed by atoms with van der Waals surface area (Å²) in [6.07, 6.45) is 0.710. The van der Waals surface area contributed by atoms with Crippen LogP contribution in [0.15, 0.2) is 91.0 Å². The molecule has 1 aliphatic rings. The maximum Gasteiger partial charge on any atom is 0.286 e. The molecule has 0 saturated carbocycles. The van der Waals surface area contributed by atoms with Crippen molar-refractivity contribution in [3.8, 4) is 16.9 Å². The molecule has 0 spiro atoms. The number of rotatable bonds is 6. The Morgan fingerprint density at radius 1 is 0.794 bits per heavy atom. The lowest BCUT2D eigenvalue weighted by Gasteiger charge is -2.35. The second-order valence-corrected chi connectivity index (χ2v) is 8.39. The highest BCUT2D eigenvalue weighted by molar-refractivity contribution is 5.95. The quantitative estimate of drug-likeness (QED) is 0.467. The van der Waals surface area contributed by atoms with Gasteiger partial charge in [-0.3, -0.25) is 10.2 Å². The lowest BCUT2D eigenvalue weighted by atomic mass is 10.0. The Morgan fingerprint density at radius 3 is 1.94 bits per heavy atom. The van der Waals surface area contributed by atoms with Gasteiger partial charge in [-0.25, -0.2) is 9.69 Å². The van der Waals surface area contributed by atoms with Crippen molar-refractivity contribution in [1.29, 1.82) is 0 Å². The van der Waals surface area contributed by atoms with Gasteiger partial charge in [0.25, 0.3) is 5.91 Å². The van der Waals surface area contributed by atoms with Crippen molar-refractivity contribution in [2.75, 3.05) is 31.1 Å². The van der Waals surface area contributed by atoms with Crippen molar-refractivity contribution in [2.24, 2.45) is 0 Å². The van der Waals surface area contributed by atoms with Gasteiger partial charge in [-0.05, 0) is 30.7 Å². The summed E-state index contributed by atoms with van der Waals surface area (Å²) in [6.45, 7) is 5.31. The van der Waals surface area contributed by atoms with Crippen LogP contribution in [0.1, 0.15) is 23.0 Å². The van der Waals surface area contributed by atoms with Crippen LogP contribution in [0.4, 0.5) is 5.69 Å². The van der Waals surface area contributed by atoms with Gasteiger partial charge in [-0.1, -0.05) is 73.7 Å². The second-order valence-electron chi connectivity index (χ2n) is 8.39. The van der Waals surface area contributed by atoms with Gasteiger partial charge in [0, 0.05) is 43.0 Å². The molecular weight excluding hydrogens is 422 g/mol. The maximum absolute atomic E-state index is 13.4. The van der Waals surface area contributed by atoms with Crippen LogP contribution >= 0.6 is 0 Å². The molecule has 0 unspecified atom stereocenters. The average Bonchev–Trinajstić information content (AvgIpc) is 3.31. The second kappa shape index (κ2) is 9.93. The summed E-state index contributed by atoms with van der Waals surface area (Å²) < 4.78 is 1.90. The summed E-state index contributed by atoms with van der Waals surface area (Å²) in [5.41, 5.74) is 8.72. The molecule has 0 aliphatic carbocycles. The normalized spacial score (nSPS) is 14.2. The molecule has 1 N–H and O–H groups in total. The number of para-hydroxylation sites is 2. The number of anilines is 1. The number of hydrogen-bond acceptors (Lipinski definition) is 4. The van der Waals surface area contributed by atoms with Gasteiger partial charge in [-0.2, -0.15) is 5.10 Å². The first-order valence-electron chi connectivity index (χ1n) is 11.8. The smallest absolute Gasteiger partial charge is 0.286 e. The van der Waals surface area contributed by atoms with Crippen LogP contribution in [0.2, 0.25) is 0 Å². The molecule has 6 nitrogen and oxygen atoms in total. The molecule has 0 atom stereocenters. The maximum atomic E-state index is 13.4. The van der Waals surface area contributed by atoms with Gasteiger partial charge >= 0.3 is 0 Å². The predicted molar refractivity (Wildman–Crippen MR) is 136 cm³/mol. The first-order valence-corrected chi connectivity index (χ1v) is 11.8. The van der Waals surface area contributed by atoms with Gasteiger partial charge < -0.3 is 4.90 Å². The Morgan fingerprint density at radius 2 is 1.35 bits per heavy atom. The topological polar surface area (TPSA) is 53.4 Å². The Kier molecular flexibility index (Phi) is 6.40. The van der Waals surface area contributed by atoms with E-state index < -0.39 is 0 Å².